The second-order valence-electron chi connectivity index (χ2n) is 11.5. The first-order chi connectivity index (χ1) is 22.4. The van der Waals surface area contributed by atoms with E-state index in [4.69, 9.17) is 9.47 Å². The maximum absolute atomic E-state index is 12.8. The Bertz CT molecular complexity index is 1780. The van der Waals surface area contributed by atoms with Gasteiger partial charge in [0.2, 0.25) is 0 Å². The summed E-state index contributed by atoms with van der Waals surface area (Å²) in [5.41, 5.74) is 6.40. The lowest BCUT2D eigenvalue weighted by molar-refractivity contribution is 0.0595. The van der Waals surface area contributed by atoms with Crippen LogP contribution in [0.15, 0.2) is 121 Å². The van der Waals surface area contributed by atoms with Crippen LogP contribution in [0.4, 0.5) is 5.69 Å². The minimum Gasteiger partial charge on any atom is -0.490 e. The van der Waals surface area contributed by atoms with Crippen molar-refractivity contribution in [2.75, 3.05) is 18.4 Å². The van der Waals surface area contributed by atoms with Gasteiger partial charge < -0.3 is 19.7 Å². The molecule has 1 fully saturated rings. The van der Waals surface area contributed by atoms with E-state index in [1.807, 2.05) is 133 Å². The second kappa shape index (κ2) is 14.6. The third-order valence-electron chi connectivity index (χ3n) is 8.08. The SMILES string of the molecule is Cc1ccc(C(=O)N2CCC(Oc3ccc(COc4ccc(-c5ccc(C(=O)Nc6cccc(I)c6)cc5)cc4)cc3)CC2)cc1. The number of nitrogens with zero attached hydrogens (tertiary/aromatic N) is 1. The van der Waals surface area contributed by atoms with Crippen LogP contribution < -0.4 is 14.8 Å². The predicted molar refractivity (Wildman–Crippen MR) is 190 cm³/mol. The maximum Gasteiger partial charge on any atom is 0.255 e. The van der Waals surface area contributed by atoms with E-state index in [2.05, 4.69) is 27.9 Å². The Labute approximate surface area is 283 Å². The third kappa shape index (κ3) is 8.14. The van der Waals surface area contributed by atoms with Crippen LogP contribution in [-0.4, -0.2) is 35.9 Å². The van der Waals surface area contributed by atoms with Crippen LogP contribution >= 0.6 is 22.6 Å². The van der Waals surface area contributed by atoms with Crippen molar-refractivity contribution < 1.29 is 19.1 Å². The van der Waals surface area contributed by atoms with Crippen molar-refractivity contribution in [3.63, 3.8) is 0 Å². The van der Waals surface area contributed by atoms with Crippen molar-refractivity contribution >= 4 is 40.1 Å². The fraction of sp³-hybridized carbons (Fsp3) is 0.179. The number of halogens is 1. The Kier molecular flexibility index (Phi) is 9.98. The maximum atomic E-state index is 12.8. The minimum atomic E-state index is -0.135. The molecule has 1 N–H and O–H groups in total. The van der Waals surface area contributed by atoms with Crippen molar-refractivity contribution in [3.05, 3.63) is 147 Å². The molecule has 1 heterocycles. The molecule has 0 unspecified atom stereocenters. The molecular weight excluding hydrogens is 687 g/mol. The van der Waals surface area contributed by atoms with Gasteiger partial charge in [0.15, 0.2) is 0 Å². The molecule has 0 bridgehead atoms. The Balaban J connectivity index is 0.951. The molecule has 1 aliphatic rings. The summed E-state index contributed by atoms with van der Waals surface area (Å²) in [4.78, 5) is 27.4. The van der Waals surface area contributed by atoms with Gasteiger partial charge in [0.1, 0.15) is 24.2 Å². The number of amides is 2. The number of carbonyl (C=O) groups is 2. The standard InChI is InChI=1S/C39H35IN2O4/c1-27-5-9-32(10-6-27)39(44)42-23-21-37(22-24-42)46-36-17-7-28(8-18-36)26-45-35-19-15-30(16-20-35)29-11-13-31(14-12-29)38(43)41-34-4-2-3-33(40)25-34/h2-20,25,37H,21-24,26H2,1H3,(H,41,43). The van der Waals surface area contributed by atoms with Crippen LogP contribution in [0.25, 0.3) is 11.1 Å². The molecule has 1 saturated heterocycles. The fourth-order valence-electron chi connectivity index (χ4n) is 5.41. The Hall–Kier alpha value is -4.63. The zero-order valence-corrected chi connectivity index (χ0v) is 27.8. The number of hydrogen-bond donors (Lipinski definition) is 1. The van der Waals surface area contributed by atoms with Crippen molar-refractivity contribution in [2.45, 2.75) is 32.5 Å². The summed E-state index contributed by atoms with van der Waals surface area (Å²) in [6.45, 7) is 3.86. The molecule has 2 amide bonds. The van der Waals surface area contributed by atoms with Crippen LogP contribution in [0.5, 0.6) is 11.5 Å². The van der Waals surface area contributed by atoms with Gasteiger partial charge in [-0.2, -0.15) is 0 Å². The first kappa shape index (κ1) is 31.4. The van der Waals surface area contributed by atoms with Gasteiger partial charge in [-0.15, -0.1) is 0 Å². The summed E-state index contributed by atoms with van der Waals surface area (Å²) in [6, 6.07) is 39.0. The van der Waals surface area contributed by atoms with Crippen molar-refractivity contribution in [2.24, 2.45) is 0 Å². The first-order valence-electron chi connectivity index (χ1n) is 15.4. The molecule has 0 aliphatic carbocycles. The van der Waals surface area contributed by atoms with Gasteiger partial charge in [0, 0.05) is 46.3 Å². The molecule has 0 aromatic heterocycles. The van der Waals surface area contributed by atoms with E-state index in [1.54, 1.807) is 0 Å². The van der Waals surface area contributed by atoms with E-state index in [0.717, 1.165) is 61.4 Å². The number of rotatable bonds is 9. The molecular formula is C39H35IN2O4. The smallest absolute Gasteiger partial charge is 0.255 e. The van der Waals surface area contributed by atoms with Crippen LogP contribution in [0.2, 0.25) is 0 Å². The summed E-state index contributed by atoms with van der Waals surface area (Å²) in [5.74, 6) is 1.57. The summed E-state index contributed by atoms with van der Waals surface area (Å²) >= 11 is 2.23. The molecule has 46 heavy (non-hydrogen) atoms. The average molecular weight is 723 g/mol. The van der Waals surface area contributed by atoms with Gasteiger partial charge in [-0.1, -0.05) is 60.2 Å². The zero-order valence-electron chi connectivity index (χ0n) is 25.6. The predicted octanol–water partition coefficient (Wildman–Crippen LogP) is 8.78. The molecule has 232 valence electrons. The Morgan fingerprint density at radius 1 is 0.761 bits per heavy atom. The largest absolute Gasteiger partial charge is 0.490 e. The lowest BCUT2D eigenvalue weighted by Crippen LogP contribution is -2.41. The van der Waals surface area contributed by atoms with Gasteiger partial charge in [-0.25, -0.2) is 0 Å². The number of likely N-dealkylation sites (tertiary alicyclic amines) is 1. The Morgan fingerprint density at radius 3 is 2.02 bits per heavy atom. The number of ether oxygens (including phenoxy) is 2. The summed E-state index contributed by atoms with van der Waals surface area (Å²) < 4.78 is 13.3. The van der Waals surface area contributed by atoms with E-state index in [-0.39, 0.29) is 17.9 Å². The second-order valence-corrected chi connectivity index (χ2v) is 12.7. The number of anilines is 1. The number of aryl methyl sites for hydroxylation is 1. The topological polar surface area (TPSA) is 67.9 Å². The summed E-state index contributed by atoms with van der Waals surface area (Å²) in [6.07, 6.45) is 1.71. The van der Waals surface area contributed by atoms with E-state index >= 15 is 0 Å². The molecule has 7 heteroatoms. The van der Waals surface area contributed by atoms with Crippen molar-refractivity contribution in [1.29, 1.82) is 0 Å². The highest BCUT2D eigenvalue weighted by Crippen LogP contribution is 2.25. The first-order valence-corrected chi connectivity index (χ1v) is 16.5. The molecule has 0 atom stereocenters. The quantitative estimate of drug-likeness (QED) is 0.155. The van der Waals surface area contributed by atoms with Gasteiger partial charge in [0.05, 0.1) is 0 Å². The normalized spacial score (nSPS) is 13.2. The van der Waals surface area contributed by atoms with Crippen LogP contribution in [0.1, 0.15) is 44.7 Å². The minimum absolute atomic E-state index is 0.0894. The molecule has 0 radical (unpaired) electrons. The number of nitrogens with one attached hydrogen (secondary N) is 1. The van der Waals surface area contributed by atoms with E-state index in [9.17, 15) is 9.59 Å². The molecule has 6 nitrogen and oxygen atoms in total. The monoisotopic (exact) mass is 722 g/mol. The van der Waals surface area contributed by atoms with E-state index in [0.29, 0.717) is 25.3 Å². The van der Waals surface area contributed by atoms with E-state index in [1.165, 1.54) is 0 Å². The highest BCUT2D eigenvalue weighted by Gasteiger charge is 2.24. The van der Waals surface area contributed by atoms with Gasteiger partial charge >= 0.3 is 0 Å². The lowest BCUT2D eigenvalue weighted by Gasteiger charge is -2.32. The zero-order chi connectivity index (χ0) is 31.9. The number of carbonyl (C=O) groups excluding carboxylic acids is 2. The van der Waals surface area contributed by atoms with Gasteiger partial charge in [-0.05, 0) is 113 Å². The van der Waals surface area contributed by atoms with Gasteiger partial charge in [0.25, 0.3) is 11.8 Å². The van der Waals surface area contributed by atoms with Crippen LogP contribution in [0.3, 0.4) is 0 Å². The molecule has 5 aromatic carbocycles. The summed E-state index contributed by atoms with van der Waals surface area (Å²) in [7, 11) is 0. The van der Waals surface area contributed by atoms with Gasteiger partial charge in [-0.3, -0.25) is 9.59 Å². The number of hydrogen-bond acceptors (Lipinski definition) is 4. The van der Waals surface area contributed by atoms with Crippen LogP contribution in [-0.2, 0) is 6.61 Å². The lowest BCUT2D eigenvalue weighted by atomic mass is 10.0. The molecule has 5 aromatic rings. The van der Waals surface area contributed by atoms with E-state index < -0.39 is 0 Å². The highest BCUT2D eigenvalue weighted by atomic mass is 127. The van der Waals surface area contributed by atoms with Crippen LogP contribution in [0, 0.1) is 10.5 Å². The van der Waals surface area contributed by atoms with Crippen molar-refractivity contribution in [3.8, 4) is 22.6 Å². The molecule has 1 aliphatic heterocycles. The average Bonchev–Trinajstić information content (AvgIpc) is 3.09. The number of piperidine rings is 1. The third-order valence-corrected chi connectivity index (χ3v) is 8.75. The molecule has 0 spiro atoms. The number of benzene rings is 5. The highest BCUT2D eigenvalue weighted by molar-refractivity contribution is 14.1. The molecule has 6 rings (SSSR count). The molecule has 0 saturated carbocycles. The Morgan fingerprint density at radius 2 is 1.37 bits per heavy atom. The summed E-state index contributed by atoms with van der Waals surface area (Å²) in [5, 5.41) is 2.95. The van der Waals surface area contributed by atoms with Crippen molar-refractivity contribution in [1.82, 2.24) is 4.90 Å². The fourth-order valence-corrected chi connectivity index (χ4v) is 5.95.